The molecule has 1 aliphatic rings. The Hall–Kier alpha value is -2.24. The number of aliphatic hydroxyl groups is 1. The number of rotatable bonds is 6. The minimum absolute atomic E-state index is 0.00213. The molecule has 1 amide bonds. The summed E-state index contributed by atoms with van der Waals surface area (Å²) < 4.78 is 5.82. The fraction of sp³-hybridized carbons (Fsp3) is 0.316. The molecule has 1 heterocycles. The van der Waals surface area contributed by atoms with Crippen LogP contribution in [0.1, 0.15) is 10.4 Å². The number of halogens is 1. The molecule has 1 N–H and O–H groups in total. The van der Waals surface area contributed by atoms with Crippen LogP contribution in [0, 0.1) is 0 Å². The largest absolute Gasteiger partial charge is 0.487 e. The summed E-state index contributed by atoms with van der Waals surface area (Å²) in [6, 6.07) is 14.7. The average Bonchev–Trinajstić information content (AvgIpc) is 2.57. The van der Waals surface area contributed by atoms with Crippen LogP contribution >= 0.6 is 11.6 Å². The predicted octanol–water partition coefficient (Wildman–Crippen LogP) is 2.67. The molecular formula is C19H21ClN2O3. The first-order chi connectivity index (χ1) is 12.1. The van der Waals surface area contributed by atoms with Gasteiger partial charge in [0.15, 0.2) is 0 Å². The van der Waals surface area contributed by atoms with E-state index in [1.54, 1.807) is 17.0 Å². The predicted molar refractivity (Wildman–Crippen MR) is 98.6 cm³/mol. The number of hydrogen-bond donors (Lipinski definition) is 1. The molecule has 2 aromatic carbocycles. The van der Waals surface area contributed by atoms with Crippen molar-refractivity contribution in [1.29, 1.82) is 0 Å². The van der Waals surface area contributed by atoms with E-state index in [1.165, 1.54) is 0 Å². The van der Waals surface area contributed by atoms with Crippen LogP contribution in [0.25, 0.3) is 0 Å². The first kappa shape index (κ1) is 17.6. The van der Waals surface area contributed by atoms with Crippen molar-refractivity contribution in [2.75, 3.05) is 38.2 Å². The maximum Gasteiger partial charge on any atom is 0.254 e. The molecular weight excluding hydrogens is 340 g/mol. The molecule has 0 aromatic heterocycles. The summed E-state index contributed by atoms with van der Waals surface area (Å²) in [4.78, 5) is 16.2. The summed E-state index contributed by atoms with van der Waals surface area (Å²) in [6.07, 6.45) is -0.00243. The summed E-state index contributed by atoms with van der Waals surface area (Å²) in [7, 11) is 1.90. The molecule has 5 nitrogen and oxygen atoms in total. The van der Waals surface area contributed by atoms with Crippen molar-refractivity contribution in [3.8, 4) is 5.75 Å². The van der Waals surface area contributed by atoms with Crippen LogP contribution in [-0.2, 0) is 0 Å². The van der Waals surface area contributed by atoms with E-state index in [0.29, 0.717) is 30.2 Å². The molecule has 0 aliphatic carbocycles. The number of aliphatic hydroxyl groups excluding tert-OH is 1. The number of anilines is 1. The van der Waals surface area contributed by atoms with Gasteiger partial charge in [-0.3, -0.25) is 4.79 Å². The second-order valence-corrected chi connectivity index (χ2v) is 6.54. The number of likely N-dealkylation sites (tertiary alicyclic amines) is 1. The highest BCUT2D eigenvalue weighted by Crippen LogP contribution is 2.23. The van der Waals surface area contributed by atoms with Gasteiger partial charge < -0.3 is 19.6 Å². The number of amides is 1. The molecule has 1 fully saturated rings. The molecule has 0 unspecified atom stereocenters. The number of likely N-dealkylation sites (N-methyl/N-ethyl adjacent to an activating group) is 1. The maximum atomic E-state index is 12.5. The zero-order valence-corrected chi connectivity index (χ0v) is 14.8. The summed E-state index contributed by atoms with van der Waals surface area (Å²) in [5.41, 5.74) is 1.62. The highest BCUT2D eigenvalue weighted by molar-refractivity contribution is 6.30. The number of hydrogen-bond acceptors (Lipinski definition) is 4. The lowest BCUT2D eigenvalue weighted by molar-refractivity contribution is 0.0178. The maximum absolute atomic E-state index is 12.5. The Morgan fingerprint density at radius 2 is 2.00 bits per heavy atom. The highest BCUT2D eigenvalue weighted by Gasteiger charge is 2.32. The van der Waals surface area contributed by atoms with Gasteiger partial charge in [-0.1, -0.05) is 17.7 Å². The Balaban J connectivity index is 1.53. The van der Waals surface area contributed by atoms with Crippen molar-refractivity contribution in [2.45, 2.75) is 6.10 Å². The highest BCUT2D eigenvalue weighted by atomic mass is 35.5. The van der Waals surface area contributed by atoms with Gasteiger partial charge in [-0.15, -0.1) is 0 Å². The molecule has 2 aromatic rings. The fourth-order valence-electron chi connectivity index (χ4n) is 2.73. The van der Waals surface area contributed by atoms with Crippen molar-refractivity contribution in [2.24, 2.45) is 0 Å². The first-order valence-corrected chi connectivity index (χ1v) is 8.58. The standard InChI is InChI=1S/C19H21ClN2O3/c1-21(9-10-23)16-7-5-14(6-8-16)19(24)22-12-18(13-22)25-17-4-2-3-15(20)11-17/h2-8,11,18,23H,9-10,12-13H2,1H3. The van der Waals surface area contributed by atoms with Gasteiger partial charge in [-0.05, 0) is 42.5 Å². The van der Waals surface area contributed by atoms with Gasteiger partial charge in [0.1, 0.15) is 11.9 Å². The van der Waals surface area contributed by atoms with Crippen molar-refractivity contribution >= 4 is 23.2 Å². The summed E-state index contributed by atoms with van der Waals surface area (Å²) in [5, 5.41) is 9.61. The Morgan fingerprint density at radius 1 is 1.28 bits per heavy atom. The van der Waals surface area contributed by atoms with Crippen LogP contribution in [0.2, 0.25) is 5.02 Å². The van der Waals surface area contributed by atoms with Gasteiger partial charge in [-0.2, -0.15) is 0 Å². The Morgan fingerprint density at radius 3 is 2.64 bits per heavy atom. The second kappa shape index (κ2) is 7.76. The smallest absolute Gasteiger partial charge is 0.254 e. The molecule has 0 spiro atoms. The number of nitrogens with zero attached hydrogens (tertiary/aromatic N) is 2. The Bertz CT molecular complexity index is 730. The molecule has 0 saturated carbocycles. The SMILES string of the molecule is CN(CCO)c1ccc(C(=O)N2CC(Oc3cccc(Cl)c3)C2)cc1. The van der Waals surface area contributed by atoms with Crippen molar-refractivity contribution < 1.29 is 14.6 Å². The number of carbonyl (C=O) groups excluding carboxylic acids is 1. The third-order valence-corrected chi connectivity index (χ3v) is 4.46. The number of benzene rings is 2. The minimum Gasteiger partial charge on any atom is -0.487 e. The van der Waals surface area contributed by atoms with E-state index >= 15 is 0 Å². The van der Waals surface area contributed by atoms with Crippen molar-refractivity contribution in [1.82, 2.24) is 4.90 Å². The lowest BCUT2D eigenvalue weighted by Crippen LogP contribution is -2.56. The lowest BCUT2D eigenvalue weighted by atomic mass is 10.1. The van der Waals surface area contributed by atoms with Crippen LogP contribution in [-0.4, -0.2) is 55.3 Å². The van der Waals surface area contributed by atoms with Crippen LogP contribution < -0.4 is 9.64 Å². The van der Waals surface area contributed by atoms with E-state index < -0.39 is 0 Å². The van der Waals surface area contributed by atoms with E-state index in [2.05, 4.69) is 0 Å². The number of carbonyl (C=O) groups is 1. The van der Waals surface area contributed by atoms with Crippen LogP contribution in [0.4, 0.5) is 5.69 Å². The average molecular weight is 361 g/mol. The summed E-state index contributed by atoms with van der Waals surface area (Å²) in [6.45, 7) is 1.79. The molecule has 0 atom stereocenters. The minimum atomic E-state index is -0.00243. The molecule has 25 heavy (non-hydrogen) atoms. The summed E-state index contributed by atoms with van der Waals surface area (Å²) >= 11 is 5.94. The fourth-order valence-corrected chi connectivity index (χ4v) is 2.91. The quantitative estimate of drug-likeness (QED) is 0.860. The van der Waals surface area contributed by atoms with Gasteiger partial charge in [-0.25, -0.2) is 0 Å². The van der Waals surface area contributed by atoms with Crippen molar-refractivity contribution in [3.05, 3.63) is 59.1 Å². The van der Waals surface area contributed by atoms with E-state index in [1.807, 2.05) is 48.3 Å². The van der Waals surface area contributed by atoms with Crippen LogP contribution in [0.15, 0.2) is 48.5 Å². The van der Waals surface area contributed by atoms with E-state index in [0.717, 1.165) is 11.4 Å². The third-order valence-electron chi connectivity index (χ3n) is 4.22. The van der Waals surface area contributed by atoms with Gasteiger partial charge in [0.05, 0.1) is 19.7 Å². The van der Waals surface area contributed by atoms with Crippen LogP contribution in [0.5, 0.6) is 5.75 Å². The molecule has 0 radical (unpaired) electrons. The van der Waals surface area contributed by atoms with Crippen LogP contribution in [0.3, 0.4) is 0 Å². The van der Waals surface area contributed by atoms with E-state index in [-0.39, 0.29) is 18.6 Å². The third kappa shape index (κ3) is 4.24. The molecule has 6 heteroatoms. The van der Waals surface area contributed by atoms with Gasteiger partial charge in [0.25, 0.3) is 5.91 Å². The molecule has 1 saturated heterocycles. The van der Waals surface area contributed by atoms with Gasteiger partial charge in [0, 0.05) is 29.9 Å². The molecule has 132 valence electrons. The normalized spacial score (nSPS) is 14.1. The number of ether oxygens (including phenoxy) is 1. The Kier molecular flexibility index (Phi) is 5.46. The molecule has 0 bridgehead atoms. The topological polar surface area (TPSA) is 53.0 Å². The monoisotopic (exact) mass is 360 g/mol. The van der Waals surface area contributed by atoms with E-state index in [9.17, 15) is 4.79 Å². The first-order valence-electron chi connectivity index (χ1n) is 8.20. The van der Waals surface area contributed by atoms with Gasteiger partial charge >= 0.3 is 0 Å². The molecule has 1 aliphatic heterocycles. The van der Waals surface area contributed by atoms with E-state index in [4.69, 9.17) is 21.4 Å². The van der Waals surface area contributed by atoms with Gasteiger partial charge in [0.2, 0.25) is 0 Å². The Labute approximate surface area is 152 Å². The zero-order valence-electron chi connectivity index (χ0n) is 14.1. The lowest BCUT2D eigenvalue weighted by Gasteiger charge is -2.39. The second-order valence-electron chi connectivity index (χ2n) is 6.10. The molecule has 3 rings (SSSR count). The zero-order chi connectivity index (χ0) is 17.8. The summed E-state index contributed by atoms with van der Waals surface area (Å²) in [5.74, 6) is 0.725. The van der Waals surface area contributed by atoms with Crippen molar-refractivity contribution in [3.63, 3.8) is 0 Å².